The van der Waals surface area contributed by atoms with Gasteiger partial charge in [-0.05, 0) is 45.9 Å². The van der Waals surface area contributed by atoms with Crippen molar-refractivity contribution in [2.75, 3.05) is 0 Å². The Morgan fingerprint density at radius 3 is 1.94 bits per heavy atom. The second-order valence-electron chi connectivity index (χ2n) is 5.14. The zero-order chi connectivity index (χ0) is 23.0. The fourth-order valence-electron chi connectivity index (χ4n) is 1.97. The Hall–Kier alpha value is -2.85. The Morgan fingerprint density at radius 1 is 0.871 bits per heavy atom. The summed E-state index contributed by atoms with van der Waals surface area (Å²) in [4.78, 5) is 39.4. The normalized spacial score (nSPS) is 10.1. The molecule has 0 fully saturated rings. The van der Waals surface area contributed by atoms with Gasteiger partial charge < -0.3 is 4.98 Å². The number of pyridine rings is 2. The van der Waals surface area contributed by atoms with Gasteiger partial charge in [0.2, 0.25) is 11.4 Å². The molecule has 156 valence electrons. The molecule has 0 saturated heterocycles. The molecule has 10 nitrogen and oxygen atoms in total. The molecule has 0 spiro atoms. The number of H-pyrrole nitrogens is 1. The molecule has 4 aromatic rings. The van der Waals surface area contributed by atoms with Gasteiger partial charge in [-0.2, -0.15) is 0 Å². The van der Waals surface area contributed by atoms with Crippen molar-refractivity contribution < 1.29 is 4.57 Å². The predicted molar refractivity (Wildman–Crippen MR) is 120 cm³/mol. The Kier molecular flexibility index (Phi) is 8.64. The van der Waals surface area contributed by atoms with Crippen LogP contribution in [0.25, 0.3) is 31.8 Å². The highest BCUT2D eigenvalue weighted by Gasteiger charge is 2.03. The minimum Gasteiger partial charge on any atom is -0.311 e. The van der Waals surface area contributed by atoms with E-state index in [2.05, 4.69) is 73.3 Å². The first kappa shape index (κ1) is 24.4. The van der Waals surface area contributed by atoms with E-state index in [0.29, 0.717) is 33.1 Å². The number of aromatic nitrogens is 6. The first-order valence-electron chi connectivity index (χ1n) is 7.66. The predicted octanol–water partition coefficient (Wildman–Crippen LogP) is 5.91. The summed E-state index contributed by atoms with van der Waals surface area (Å²) in [6.07, 6.45) is 5.44. The zero-order valence-corrected chi connectivity index (χ0v) is 18.8. The monoisotopic (exact) mass is 514 g/mol. The fraction of sp³-hybridized carbons (Fsp3) is 0. The minimum atomic E-state index is -3.22. The molecule has 0 aromatic carbocycles. The minimum absolute atomic E-state index is 0.259. The van der Waals surface area contributed by atoms with E-state index >= 15 is 0 Å². The molecule has 4 rings (SSSR count). The van der Waals surface area contributed by atoms with Crippen molar-refractivity contribution in [2.45, 2.75) is 0 Å². The van der Waals surface area contributed by atoms with Crippen LogP contribution in [0.1, 0.15) is 0 Å². The van der Waals surface area contributed by atoms with Gasteiger partial charge in [-0.25, -0.2) is 24.6 Å². The molecule has 4 aromatic heterocycles. The van der Waals surface area contributed by atoms with Gasteiger partial charge in [-0.3, -0.25) is 19.3 Å². The first-order chi connectivity index (χ1) is 14.6. The van der Waals surface area contributed by atoms with Crippen LogP contribution in [-0.4, -0.2) is 29.9 Å². The van der Waals surface area contributed by atoms with Gasteiger partial charge in [0, 0.05) is 12.4 Å². The molecule has 15 heteroatoms. The third-order valence-electron chi connectivity index (χ3n) is 3.14. The van der Waals surface area contributed by atoms with Gasteiger partial charge in [-0.15, -0.1) is 0 Å². The Labute approximate surface area is 193 Å². The topological polar surface area (TPSA) is 123 Å². The van der Waals surface area contributed by atoms with Gasteiger partial charge in [0.05, 0.1) is 30.5 Å². The lowest BCUT2D eigenvalue weighted by Crippen LogP contribution is -2.07. The number of fused-ring (bicyclic) bond motifs is 2. The third kappa shape index (κ3) is 7.72. The van der Waals surface area contributed by atoms with Crippen molar-refractivity contribution in [1.82, 2.24) is 29.9 Å². The maximum atomic E-state index is 11.1. The number of hydrogen-bond donors (Lipinski definition) is 1. The van der Waals surface area contributed by atoms with Crippen LogP contribution in [0.2, 0.25) is 5.15 Å². The molecule has 4 heterocycles. The van der Waals surface area contributed by atoms with Crippen molar-refractivity contribution in [1.29, 1.82) is 0 Å². The van der Waals surface area contributed by atoms with E-state index in [4.69, 9.17) is 24.7 Å². The van der Waals surface area contributed by atoms with E-state index < -0.39 is 5.20 Å². The third-order valence-corrected chi connectivity index (χ3v) is 3.42. The summed E-state index contributed by atoms with van der Waals surface area (Å²) in [7, 11) is 0. The molecule has 0 amide bonds. The van der Waals surface area contributed by atoms with Crippen LogP contribution in [0.15, 0.2) is 42.0 Å². The van der Waals surface area contributed by atoms with Crippen molar-refractivity contribution >= 4 is 84.0 Å². The Balaban J connectivity index is 0.000000182. The van der Waals surface area contributed by atoms with Crippen molar-refractivity contribution in [3.8, 4) is 0 Å². The molecule has 0 aliphatic rings. The lowest BCUT2D eigenvalue weighted by molar-refractivity contribution is 0.600. The summed E-state index contributed by atoms with van der Waals surface area (Å²) in [6.45, 7) is 13.5. The zero-order valence-electron chi connectivity index (χ0n) is 14.9. The molecule has 0 bridgehead atoms. The van der Waals surface area contributed by atoms with E-state index in [9.17, 15) is 9.36 Å². The highest BCUT2D eigenvalue weighted by molar-refractivity contribution is 8.24. The average Bonchev–Trinajstić information content (AvgIpc) is 2.73. The number of rotatable bonds is 0. The molecule has 0 unspecified atom stereocenters. The van der Waals surface area contributed by atoms with Gasteiger partial charge in [0.15, 0.2) is 10.7 Å². The Morgan fingerprint density at radius 2 is 1.39 bits per heavy atom. The van der Waals surface area contributed by atoms with Crippen LogP contribution >= 0.6 is 50.5 Å². The smallest absolute Gasteiger partial charge is 0.311 e. The van der Waals surface area contributed by atoms with Crippen LogP contribution in [0.5, 0.6) is 0 Å². The molecule has 0 radical (unpaired) electrons. The van der Waals surface area contributed by atoms with Crippen molar-refractivity contribution in [3.05, 3.63) is 75.5 Å². The maximum Gasteiger partial charge on any atom is 0.339 e. The summed E-state index contributed by atoms with van der Waals surface area (Å²) < 4.78 is 9.51. The van der Waals surface area contributed by atoms with Gasteiger partial charge >= 0.3 is 5.20 Å². The van der Waals surface area contributed by atoms with Gasteiger partial charge in [-0.1, -0.05) is 11.6 Å². The fourth-order valence-corrected chi connectivity index (χ4v) is 2.16. The molecule has 0 saturated carbocycles. The average molecular weight is 516 g/mol. The molecule has 0 atom stereocenters. The molecule has 31 heavy (non-hydrogen) atoms. The summed E-state index contributed by atoms with van der Waals surface area (Å²) in [5, 5.41) is -2.92. The van der Waals surface area contributed by atoms with Crippen molar-refractivity contribution in [3.63, 3.8) is 0 Å². The summed E-state index contributed by atoms with van der Waals surface area (Å²) in [5.74, 6) is 0. The van der Waals surface area contributed by atoms with Gasteiger partial charge in [0.1, 0.15) is 11.8 Å². The van der Waals surface area contributed by atoms with E-state index in [-0.39, 0.29) is 11.1 Å². The number of halogens is 4. The quantitative estimate of drug-likeness (QED) is 0.175. The second kappa shape index (κ2) is 11.0. The van der Waals surface area contributed by atoms with E-state index in [1.54, 1.807) is 6.07 Å². The molecular weight excluding hydrogens is 509 g/mol. The van der Waals surface area contributed by atoms with Crippen LogP contribution in [0, 0.1) is 13.1 Å². The van der Waals surface area contributed by atoms with Crippen LogP contribution in [0.3, 0.4) is 0 Å². The van der Waals surface area contributed by atoms with Crippen molar-refractivity contribution in [2.24, 2.45) is 0 Å². The summed E-state index contributed by atoms with van der Waals surface area (Å²) >= 11 is 19.6. The van der Waals surface area contributed by atoms with E-state index in [1.807, 2.05) is 0 Å². The lowest BCUT2D eigenvalue weighted by atomic mass is 10.3. The second-order valence-corrected chi connectivity index (χ2v) is 12.1. The molecule has 1 N–H and O–H groups in total. The first-order valence-corrected chi connectivity index (χ1v) is 12.5. The number of aromatic amines is 1. The highest BCUT2D eigenvalue weighted by Crippen LogP contribution is 2.61. The molecular formula is C16H7Cl4N8O2P. The Bertz CT molecular complexity index is 1420. The van der Waals surface area contributed by atoms with Crippen LogP contribution < -0.4 is 5.56 Å². The summed E-state index contributed by atoms with van der Waals surface area (Å²) in [5.41, 5.74) is 2.35. The number of hydrogen-bond acceptors (Lipinski definition) is 7. The summed E-state index contributed by atoms with van der Waals surface area (Å²) in [6, 6.07) is 3.16. The molecule has 0 aliphatic carbocycles. The van der Waals surface area contributed by atoms with Crippen LogP contribution in [0.4, 0.5) is 11.4 Å². The van der Waals surface area contributed by atoms with Crippen LogP contribution in [-0.2, 0) is 4.57 Å². The molecule has 0 aliphatic heterocycles. The lowest BCUT2D eigenvalue weighted by Gasteiger charge is -1.96. The standard InChI is InChI=1S/C8H3ClN4.C8H4N4O.Cl3OP/c1-10-5-2-6-7(11-3-5)8(9)13-4-12-6;1-9-5-2-6-7(10-3-5)8(13)12-4-11-6;1-5(2,3)4/h2-4H;2-4H,(H,11,12,13);. The van der Waals surface area contributed by atoms with E-state index in [0.717, 1.165) is 0 Å². The number of nitrogens with zero attached hydrogens (tertiary/aromatic N) is 7. The maximum absolute atomic E-state index is 11.1. The van der Waals surface area contributed by atoms with E-state index in [1.165, 1.54) is 31.1 Å². The SMILES string of the molecule is O=P(Cl)(Cl)Cl.[C-]#[N+]c1cnc2c(=O)[nH]cnc2c1.[C-]#[N+]c1cnc2c(Cl)ncnc2c1. The number of nitrogens with one attached hydrogen (secondary N) is 1. The largest absolute Gasteiger partial charge is 0.339 e. The highest BCUT2D eigenvalue weighted by atomic mass is 36.0. The van der Waals surface area contributed by atoms with Gasteiger partial charge in [0.25, 0.3) is 5.56 Å².